The zero-order valence-electron chi connectivity index (χ0n) is 14.2. The third kappa shape index (κ3) is 3.72. The SMILES string of the molecule is C[C@H](OC(=O)CN1C(=O)N[C@@]2(CCCC[C@H]2C)C1=O)C(=O)NC(N)=O. The number of ether oxygens (including phenoxy) is 1. The number of amides is 6. The van der Waals surface area contributed by atoms with Crippen LogP contribution in [0.15, 0.2) is 0 Å². The highest BCUT2D eigenvalue weighted by Crippen LogP contribution is 2.38. The Morgan fingerprint density at radius 3 is 2.68 bits per heavy atom. The van der Waals surface area contributed by atoms with E-state index in [-0.39, 0.29) is 5.92 Å². The number of rotatable bonds is 4. The maximum atomic E-state index is 12.7. The standard InChI is InChI=1S/C15H22N4O6/c1-8-5-3-4-6-15(8)12(22)19(14(24)18-15)7-10(20)25-9(2)11(21)17-13(16)23/h8-9H,3-7H2,1-2H3,(H,18,24)(H3,16,17,21,23)/t8-,9+,15-/m1/s1. The van der Waals surface area contributed by atoms with Crippen LogP contribution in [0.1, 0.15) is 39.5 Å². The molecule has 1 saturated heterocycles. The van der Waals surface area contributed by atoms with Gasteiger partial charge in [-0.25, -0.2) is 9.59 Å². The third-order valence-electron chi connectivity index (χ3n) is 4.71. The molecule has 25 heavy (non-hydrogen) atoms. The molecule has 2 rings (SSSR count). The lowest BCUT2D eigenvalue weighted by Gasteiger charge is -2.36. The van der Waals surface area contributed by atoms with Crippen LogP contribution >= 0.6 is 0 Å². The van der Waals surface area contributed by atoms with Gasteiger partial charge in [-0.2, -0.15) is 0 Å². The number of hydrogen-bond donors (Lipinski definition) is 3. The fraction of sp³-hybridized carbons (Fsp3) is 0.667. The monoisotopic (exact) mass is 354 g/mol. The Morgan fingerprint density at radius 1 is 1.40 bits per heavy atom. The number of carbonyl (C=O) groups is 5. The second-order valence-electron chi connectivity index (χ2n) is 6.43. The predicted octanol–water partition coefficient (Wildman–Crippen LogP) is -0.386. The molecule has 2 aliphatic rings. The smallest absolute Gasteiger partial charge is 0.327 e. The molecule has 0 aromatic carbocycles. The molecular formula is C15H22N4O6. The first-order chi connectivity index (χ1) is 11.7. The van der Waals surface area contributed by atoms with Crippen LogP contribution in [-0.4, -0.2) is 52.9 Å². The summed E-state index contributed by atoms with van der Waals surface area (Å²) in [4.78, 5) is 59.7. The van der Waals surface area contributed by atoms with Gasteiger partial charge in [0.25, 0.3) is 11.8 Å². The lowest BCUT2D eigenvalue weighted by Crippen LogP contribution is -2.54. The van der Waals surface area contributed by atoms with E-state index in [9.17, 15) is 24.0 Å². The Morgan fingerprint density at radius 2 is 2.08 bits per heavy atom. The van der Waals surface area contributed by atoms with Crippen molar-refractivity contribution in [1.82, 2.24) is 15.5 Å². The third-order valence-corrected chi connectivity index (χ3v) is 4.71. The van der Waals surface area contributed by atoms with E-state index in [4.69, 9.17) is 10.5 Å². The van der Waals surface area contributed by atoms with Gasteiger partial charge in [-0.1, -0.05) is 19.8 Å². The Bertz CT molecular complexity index is 621. The molecule has 0 bridgehead atoms. The Hall–Kier alpha value is -2.65. The summed E-state index contributed by atoms with van der Waals surface area (Å²) in [5.41, 5.74) is 3.84. The molecule has 10 heteroatoms. The van der Waals surface area contributed by atoms with Crippen molar-refractivity contribution in [1.29, 1.82) is 0 Å². The van der Waals surface area contributed by atoms with Crippen molar-refractivity contribution < 1.29 is 28.7 Å². The van der Waals surface area contributed by atoms with Crippen molar-refractivity contribution in [2.75, 3.05) is 6.54 Å². The number of nitrogens with two attached hydrogens (primary N) is 1. The summed E-state index contributed by atoms with van der Waals surface area (Å²) in [6.45, 7) is 2.54. The van der Waals surface area contributed by atoms with Gasteiger partial charge in [0.1, 0.15) is 12.1 Å². The first kappa shape index (κ1) is 18.7. The van der Waals surface area contributed by atoms with E-state index < -0.39 is 48.0 Å². The minimum atomic E-state index is -1.29. The zero-order chi connectivity index (χ0) is 18.8. The first-order valence-electron chi connectivity index (χ1n) is 8.11. The zero-order valence-corrected chi connectivity index (χ0v) is 14.2. The highest BCUT2D eigenvalue weighted by atomic mass is 16.5. The van der Waals surface area contributed by atoms with E-state index >= 15 is 0 Å². The maximum absolute atomic E-state index is 12.7. The van der Waals surface area contributed by atoms with Crippen LogP contribution < -0.4 is 16.4 Å². The van der Waals surface area contributed by atoms with Crippen LogP contribution in [0.5, 0.6) is 0 Å². The summed E-state index contributed by atoms with van der Waals surface area (Å²) >= 11 is 0. The Labute approximate surface area is 144 Å². The summed E-state index contributed by atoms with van der Waals surface area (Å²) in [6.07, 6.45) is 1.86. The summed E-state index contributed by atoms with van der Waals surface area (Å²) in [6, 6.07) is -1.72. The first-order valence-corrected chi connectivity index (χ1v) is 8.11. The maximum Gasteiger partial charge on any atom is 0.327 e. The van der Waals surface area contributed by atoms with Gasteiger partial charge < -0.3 is 15.8 Å². The molecule has 0 radical (unpaired) electrons. The number of primary amides is 1. The van der Waals surface area contributed by atoms with E-state index in [1.54, 1.807) is 5.32 Å². The second kappa shape index (κ2) is 7.08. The van der Waals surface area contributed by atoms with Crippen molar-refractivity contribution in [3.8, 4) is 0 Å². The van der Waals surface area contributed by atoms with Gasteiger partial charge in [0, 0.05) is 0 Å². The largest absolute Gasteiger partial charge is 0.451 e. The number of imide groups is 2. The van der Waals surface area contributed by atoms with E-state index in [0.717, 1.165) is 24.2 Å². The molecule has 10 nitrogen and oxygen atoms in total. The van der Waals surface area contributed by atoms with Crippen LogP contribution in [0.25, 0.3) is 0 Å². The Balaban J connectivity index is 1.99. The second-order valence-corrected chi connectivity index (χ2v) is 6.43. The molecule has 2 fully saturated rings. The Kier molecular flexibility index (Phi) is 5.29. The van der Waals surface area contributed by atoms with Gasteiger partial charge in [-0.3, -0.25) is 24.6 Å². The number of carbonyl (C=O) groups excluding carboxylic acids is 5. The lowest BCUT2D eigenvalue weighted by atomic mass is 9.73. The summed E-state index contributed by atoms with van der Waals surface area (Å²) in [7, 11) is 0. The molecule has 1 aliphatic heterocycles. The van der Waals surface area contributed by atoms with Crippen LogP contribution in [0.4, 0.5) is 9.59 Å². The van der Waals surface area contributed by atoms with Gasteiger partial charge in [0.05, 0.1) is 0 Å². The van der Waals surface area contributed by atoms with Crippen LogP contribution in [0.2, 0.25) is 0 Å². The van der Waals surface area contributed by atoms with Crippen molar-refractivity contribution in [3.63, 3.8) is 0 Å². The molecule has 1 spiro atoms. The molecule has 3 atom stereocenters. The normalized spacial score (nSPS) is 27.0. The van der Waals surface area contributed by atoms with E-state index in [1.165, 1.54) is 6.92 Å². The van der Waals surface area contributed by atoms with E-state index in [1.807, 2.05) is 6.92 Å². The number of esters is 1. The van der Waals surface area contributed by atoms with Gasteiger partial charge in [-0.15, -0.1) is 0 Å². The molecule has 6 amide bonds. The molecule has 1 saturated carbocycles. The summed E-state index contributed by atoms with van der Waals surface area (Å²) < 4.78 is 4.84. The van der Waals surface area contributed by atoms with Crippen molar-refractivity contribution >= 4 is 29.8 Å². The summed E-state index contributed by atoms with van der Waals surface area (Å²) in [5, 5.41) is 4.49. The van der Waals surface area contributed by atoms with Gasteiger partial charge in [0.2, 0.25) is 0 Å². The summed E-state index contributed by atoms with van der Waals surface area (Å²) in [5.74, 6) is -2.30. The number of nitrogens with zero attached hydrogens (tertiary/aromatic N) is 1. The molecule has 0 unspecified atom stereocenters. The van der Waals surface area contributed by atoms with Gasteiger partial charge >= 0.3 is 18.0 Å². The highest BCUT2D eigenvalue weighted by molar-refractivity contribution is 6.09. The average molecular weight is 354 g/mol. The fourth-order valence-corrected chi connectivity index (χ4v) is 3.28. The van der Waals surface area contributed by atoms with Crippen molar-refractivity contribution in [2.45, 2.75) is 51.2 Å². The number of hydrogen-bond acceptors (Lipinski definition) is 6. The molecule has 4 N–H and O–H groups in total. The van der Waals surface area contributed by atoms with E-state index in [0.29, 0.717) is 6.42 Å². The number of nitrogens with one attached hydrogen (secondary N) is 2. The van der Waals surface area contributed by atoms with Crippen LogP contribution in [0.3, 0.4) is 0 Å². The van der Waals surface area contributed by atoms with Crippen molar-refractivity contribution in [2.24, 2.45) is 11.7 Å². The van der Waals surface area contributed by atoms with Crippen molar-refractivity contribution in [3.05, 3.63) is 0 Å². The molecular weight excluding hydrogens is 332 g/mol. The quantitative estimate of drug-likeness (QED) is 0.463. The molecule has 138 valence electrons. The highest BCUT2D eigenvalue weighted by Gasteiger charge is 2.55. The van der Waals surface area contributed by atoms with Gasteiger partial charge in [0.15, 0.2) is 6.10 Å². The molecule has 1 heterocycles. The van der Waals surface area contributed by atoms with E-state index in [2.05, 4.69) is 5.32 Å². The topological polar surface area (TPSA) is 148 Å². The molecule has 0 aromatic heterocycles. The average Bonchev–Trinajstić information content (AvgIpc) is 2.75. The predicted molar refractivity (Wildman–Crippen MR) is 83.9 cm³/mol. The number of urea groups is 2. The lowest BCUT2D eigenvalue weighted by molar-refractivity contribution is -0.156. The minimum Gasteiger partial charge on any atom is -0.451 e. The molecule has 0 aromatic rings. The van der Waals surface area contributed by atoms with Gasteiger partial charge in [-0.05, 0) is 25.7 Å². The van der Waals surface area contributed by atoms with Crippen LogP contribution in [-0.2, 0) is 19.1 Å². The van der Waals surface area contributed by atoms with Crippen LogP contribution in [0, 0.1) is 5.92 Å². The fourth-order valence-electron chi connectivity index (χ4n) is 3.28. The minimum absolute atomic E-state index is 0.0287. The molecule has 1 aliphatic carbocycles.